The number of hydrogen-bond donors (Lipinski definition) is 2. The average molecular weight is 291 g/mol. The van der Waals surface area contributed by atoms with Gasteiger partial charge in [-0.3, -0.25) is 0 Å². The normalized spacial score (nSPS) is 14.5. The maximum Gasteiger partial charge on any atom is 0.240 e. The van der Waals surface area contributed by atoms with Crippen molar-refractivity contribution in [2.75, 3.05) is 6.54 Å². The lowest BCUT2D eigenvalue weighted by Gasteiger charge is -2.30. The van der Waals surface area contributed by atoms with E-state index >= 15 is 0 Å². The topological polar surface area (TPSA) is 72.2 Å². The van der Waals surface area contributed by atoms with Gasteiger partial charge in [0.15, 0.2) is 0 Å². The van der Waals surface area contributed by atoms with Gasteiger partial charge in [-0.15, -0.1) is 0 Å². The molecular formula is C12H19ClN2O2S. The van der Waals surface area contributed by atoms with Gasteiger partial charge in [0, 0.05) is 17.6 Å². The van der Waals surface area contributed by atoms with Crippen molar-refractivity contribution < 1.29 is 8.42 Å². The van der Waals surface area contributed by atoms with E-state index in [0.717, 1.165) is 0 Å². The molecule has 102 valence electrons. The molecule has 0 bridgehead atoms. The lowest BCUT2D eigenvalue weighted by atomic mass is 9.88. The minimum Gasteiger partial charge on any atom is -0.329 e. The molecule has 0 fully saturated rings. The first-order chi connectivity index (χ1) is 8.16. The number of sulfonamides is 1. The van der Waals surface area contributed by atoms with Gasteiger partial charge in [0.25, 0.3) is 0 Å². The van der Waals surface area contributed by atoms with Crippen LogP contribution in [-0.4, -0.2) is 21.0 Å². The lowest BCUT2D eigenvalue weighted by molar-refractivity contribution is 0.304. The molecule has 4 nitrogen and oxygen atoms in total. The summed E-state index contributed by atoms with van der Waals surface area (Å²) in [5, 5.41) is 0.500. The molecule has 1 aromatic rings. The molecule has 0 aliphatic carbocycles. The van der Waals surface area contributed by atoms with Gasteiger partial charge in [-0.05, 0) is 29.7 Å². The molecule has 0 aromatic heterocycles. The van der Waals surface area contributed by atoms with E-state index in [1.165, 1.54) is 12.1 Å². The average Bonchev–Trinajstić information content (AvgIpc) is 2.25. The smallest absolute Gasteiger partial charge is 0.240 e. The first-order valence-corrected chi connectivity index (χ1v) is 7.51. The number of hydrogen-bond acceptors (Lipinski definition) is 3. The van der Waals surface area contributed by atoms with Crippen LogP contribution in [-0.2, 0) is 10.0 Å². The van der Waals surface area contributed by atoms with Gasteiger partial charge in [-0.1, -0.05) is 32.4 Å². The van der Waals surface area contributed by atoms with Crippen molar-refractivity contribution in [2.45, 2.75) is 31.7 Å². The van der Waals surface area contributed by atoms with Crippen molar-refractivity contribution >= 4 is 21.6 Å². The molecule has 0 amide bonds. The minimum absolute atomic E-state index is 0.189. The van der Waals surface area contributed by atoms with Gasteiger partial charge < -0.3 is 5.73 Å². The Morgan fingerprint density at radius 3 is 2.17 bits per heavy atom. The van der Waals surface area contributed by atoms with E-state index in [1.54, 1.807) is 12.1 Å². The zero-order chi connectivity index (χ0) is 14.0. The Morgan fingerprint density at radius 1 is 1.28 bits per heavy atom. The fourth-order valence-electron chi connectivity index (χ4n) is 1.45. The Balaban J connectivity index is 2.98. The fourth-order valence-corrected chi connectivity index (χ4v) is 3.03. The first-order valence-electron chi connectivity index (χ1n) is 5.65. The highest BCUT2D eigenvalue weighted by molar-refractivity contribution is 7.89. The third kappa shape index (κ3) is 3.95. The summed E-state index contributed by atoms with van der Waals surface area (Å²) in [6.45, 7) is 6.06. The summed E-state index contributed by atoms with van der Waals surface area (Å²) >= 11 is 5.73. The quantitative estimate of drug-likeness (QED) is 0.891. The lowest BCUT2D eigenvalue weighted by Crippen LogP contribution is -2.48. The molecule has 6 heteroatoms. The number of halogens is 1. The highest BCUT2D eigenvalue weighted by Crippen LogP contribution is 2.21. The maximum atomic E-state index is 12.1. The number of nitrogens with one attached hydrogen (secondary N) is 1. The van der Waals surface area contributed by atoms with Gasteiger partial charge in [0.2, 0.25) is 10.0 Å². The zero-order valence-corrected chi connectivity index (χ0v) is 12.3. The molecule has 1 rings (SSSR count). The van der Waals surface area contributed by atoms with Crippen LogP contribution in [0.15, 0.2) is 29.2 Å². The Kier molecular flexibility index (Phi) is 4.78. The molecule has 0 aliphatic heterocycles. The van der Waals surface area contributed by atoms with Crippen LogP contribution < -0.4 is 10.5 Å². The molecule has 1 atom stereocenters. The molecule has 0 spiro atoms. The second kappa shape index (κ2) is 5.57. The van der Waals surface area contributed by atoms with Crippen LogP contribution >= 0.6 is 11.6 Å². The Hall–Kier alpha value is -0.620. The third-order valence-corrected chi connectivity index (χ3v) is 4.44. The molecule has 3 N–H and O–H groups in total. The predicted octanol–water partition coefficient (Wildman–Crippen LogP) is 1.99. The SMILES string of the molecule is CC(C)(C)C(CN)NS(=O)(=O)c1ccc(Cl)cc1. The Morgan fingerprint density at radius 2 is 1.78 bits per heavy atom. The van der Waals surface area contributed by atoms with E-state index in [-0.39, 0.29) is 22.9 Å². The van der Waals surface area contributed by atoms with Crippen LogP contribution in [0.3, 0.4) is 0 Å². The Labute approximate surface area is 114 Å². The standard InChI is InChI=1S/C12H19ClN2O2S/c1-12(2,3)11(8-14)15-18(16,17)10-6-4-9(13)5-7-10/h4-7,11,15H,8,14H2,1-3H3. The van der Waals surface area contributed by atoms with Crippen molar-refractivity contribution in [1.82, 2.24) is 4.72 Å². The predicted molar refractivity (Wildman–Crippen MR) is 74.1 cm³/mol. The molecular weight excluding hydrogens is 272 g/mol. The van der Waals surface area contributed by atoms with Crippen molar-refractivity contribution in [2.24, 2.45) is 11.1 Å². The van der Waals surface area contributed by atoms with Crippen LogP contribution in [0, 0.1) is 5.41 Å². The molecule has 1 unspecified atom stereocenters. The summed E-state index contributed by atoms with van der Waals surface area (Å²) in [4.78, 5) is 0.189. The fraction of sp³-hybridized carbons (Fsp3) is 0.500. The maximum absolute atomic E-state index is 12.1. The zero-order valence-electron chi connectivity index (χ0n) is 10.8. The van der Waals surface area contributed by atoms with Crippen molar-refractivity contribution in [3.05, 3.63) is 29.3 Å². The number of rotatable bonds is 4. The highest BCUT2D eigenvalue weighted by atomic mass is 35.5. The van der Waals surface area contributed by atoms with Gasteiger partial charge in [-0.25, -0.2) is 13.1 Å². The van der Waals surface area contributed by atoms with E-state index in [4.69, 9.17) is 17.3 Å². The first kappa shape index (κ1) is 15.4. The largest absolute Gasteiger partial charge is 0.329 e. The summed E-state index contributed by atoms with van der Waals surface area (Å²) in [5.74, 6) is 0. The van der Waals surface area contributed by atoms with Crippen LogP contribution in [0.2, 0.25) is 5.02 Å². The van der Waals surface area contributed by atoms with Gasteiger partial charge in [-0.2, -0.15) is 0 Å². The van der Waals surface area contributed by atoms with Crippen LogP contribution in [0.25, 0.3) is 0 Å². The Bertz CT molecular complexity index is 492. The molecule has 0 heterocycles. The minimum atomic E-state index is -3.56. The molecule has 1 aromatic carbocycles. The van der Waals surface area contributed by atoms with Crippen molar-refractivity contribution in [1.29, 1.82) is 0 Å². The summed E-state index contributed by atoms with van der Waals surface area (Å²) < 4.78 is 26.9. The molecule has 0 radical (unpaired) electrons. The summed E-state index contributed by atoms with van der Waals surface area (Å²) in [6, 6.07) is 5.72. The number of benzene rings is 1. The third-order valence-electron chi connectivity index (χ3n) is 2.70. The van der Waals surface area contributed by atoms with Gasteiger partial charge in [0.1, 0.15) is 0 Å². The number of nitrogens with two attached hydrogens (primary N) is 1. The van der Waals surface area contributed by atoms with Crippen molar-refractivity contribution in [3.8, 4) is 0 Å². The van der Waals surface area contributed by atoms with Crippen LogP contribution in [0.1, 0.15) is 20.8 Å². The highest BCUT2D eigenvalue weighted by Gasteiger charge is 2.28. The summed E-state index contributed by atoms with van der Waals surface area (Å²) in [6.07, 6.45) is 0. The van der Waals surface area contributed by atoms with E-state index in [0.29, 0.717) is 5.02 Å². The van der Waals surface area contributed by atoms with Crippen LogP contribution in [0.4, 0.5) is 0 Å². The summed E-state index contributed by atoms with van der Waals surface area (Å²) in [5.41, 5.74) is 5.38. The second-order valence-corrected chi connectivity index (χ2v) is 7.38. The van der Waals surface area contributed by atoms with Crippen molar-refractivity contribution in [3.63, 3.8) is 0 Å². The van der Waals surface area contributed by atoms with Gasteiger partial charge in [0.05, 0.1) is 4.90 Å². The monoisotopic (exact) mass is 290 g/mol. The van der Waals surface area contributed by atoms with E-state index in [9.17, 15) is 8.42 Å². The molecule has 0 aliphatic rings. The van der Waals surface area contributed by atoms with E-state index in [2.05, 4.69) is 4.72 Å². The van der Waals surface area contributed by atoms with E-state index < -0.39 is 10.0 Å². The summed E-state index contributed by atoms with van der Waals surface area (Å²) in [7, 11) is -3.56. The second-order valence-electron chi connectivity index (χ2n) is 5.23. The van der Waals surface area contributed by atoms with Crippen LogP contribution in [0.5, 0.6) is 0 Å². The van der Waals surface area contributed by atoms with Gasteiger partial charge >= 0.3 is 0 Å². The van der Waals surface area contributed by atoms with E-state index in [1.807, 2.05) is 20.8 Å². The molecule has 0 saturated heterocycles. The molecule has 18 heavy (non-hydrogen) atoms. The molecule has 0 saturated carbocycles.